The van der Waals surface area contributed by atoms with Crippen molar-refractivity contribution in [2.75, 3.05) is 52.9 Å². The molecule has 0 aromatic rings. The van der Waals surface area contributed by atoms with Gasteiger partial charge in [0.05, 0.1) is 63.5 Å². The van der Waals surface area contributed by atoms with Crippen molar-refractivity contribution < 1.29 is 33.3 Å². The second-order valence-corrected chi connectivity index (χ2v) is 7.82. The van der Waals surface area contributed by atoms with Gasteiger partial charge >= 0.3 is 11.9 Å². The minimum atomic E-state index is -0.660. The zero-order valence-corrected chi connectivity index (χ0v) is 18.9. The molecule has 0 unspecified atom stereocenters. The molecule has 1 rings (SSSR count). The van der Waals surface area contributed by atoms with E-state index in [9.17, 15) is 9.59 Å². The molecule has 0 aromatic heterocycles. The normalized spacial score (nSPS) is 18.7. The van der Waals surface area contributed by atoms with Crippen LogP contribution in [0.25, 0.3) is 0 Å². The first-order chi connectivity index (χ1) is 15.0. The summed E-state index contributed by atoms with van der Waals surface area (Å²) in [5, 5.41) is 0. The molecule has 176 valence electrons. The summed E-state index contributed by atoms with van der Waals surface area (Å²) in [5.41, 5.74) is -0.660. The van der Waals surface area contributed by atoms with Gasteiger partial charge in [0, 0.05) is 0 Å². The lowest BCUT2D eigenvalue weighted by molar-refractivity contribution is -0.162. The average Bonchev–Trinajstić information content (AvgIpc) is 2.78. The van der Waals surface area contributed by atoms with Gasteiger partial charge in [-0.25, -0.2) is 0 Å². The zero-order chi connectivity index (χ0) is 23.0. The Morgan fingerprint density at radius 2 is 1.13 bits per heavy atom. The van der Waals surface area contributed by atoms with Gasteiger partial charge in [-0.3, -0.25) is 9.59 Å². The summed E-state index contributed by atoms with van der Waals surface area (Å²) >= 11 is 0. The Morgan fingerprint density at radius 1 is 0.742 bits per heavy atom. The quantitative estimate of drug-likeness (QED) is 0.195. The van der Waals surface area contributed by atoms with Crippen LogP contribution in [0.15, 0.2) is 38.0 Å². The Balaban J connectivity index is 2.69. The van der Waals surface area contributed by atoms with Crippen LogP contribution in [0.1, 0.15) is 32.6 Å². The highest BCUT2D eigenvalue weighted by Crippen LogP contribution is 2.31. The molecule has 0 aliphatic heterocycles. The van der Waals surface area contributed by atoms with Crippen molar-refractivity contribution >= 4 is 11.9 Å². The first-order valence-electron chi connectivity index (χ1n) is 10.9. The fourth-order valence-electron chi connectivity index (χ4n) is 3.49. The van der Waals surface area contributed by atoms with E-state index in [1.807, 2.05) is 0 Å². The Labute approximate surface area is 186 Å². The molecule has 0 aromatic carbocycles. The summed E-state index contributed by atoms with van der Waals surface area (Å²) in [4.78, 5) is 24.6. The smallest absolute Gasteiger partial charge is 0.308 e. The highest BCUT2D eigenvalue weighted by atomic mass is 16.5. The number of rotatable bonds is 17. The maximum atomic E-state index is 12.7. The predicted octanol–water partition coefficient (Wildman–Crippen LogP) is 3.49. The van der Waals surface area contributed by atoms with E-state index in [4.69, 9.17) is 23.7 Å². The third-order valence-corrected chi connectivity index (χ3v) is 5.13. The molecule has 0 spiro atoms. The average molecular weight is 439 g/mol. The minimum Gasteiger partial charge on any atom is -0.466 e. The summed E-state index contributed by atoms with van der Waals surface area (Å²) in [6, 6.07) is 0. The topological polar surface area (TPSA) is 80.3 Å². The predicted molar refractivity (Wildman–Crippen MR) is 119 cm³/mol. The molecule has 1 aliphatic carbocycles. The van der Waals surface area contributed by atoms with Gasteiger partial charge in [-0.2, -0.15) is 0 Å². The van der Waals surface area contributed by atoms with Crippen molar-refractivity contribution in [2.45, 2.75) is 32.6 Å². The van der Waals surface area contributed by atoms with Gasteiger partial charge in [0.2, 0.25) is 0 Å². The summed E-state index contributed by atoms with van der Waals surface area (Å²) in [6.45, 7) is 15.2. The van der Waals surface area contributed by atoms with Crippen LogP contribution < -0.4 is 0 Å². The first kappa shape index (κ1) is 27.1. The van der Waals surface area contributed by atoms with Gasteiger partial charge in [0.25, 0.3) is 0 Å². The van der Waals surface area contributed by atoms with Gasteiger partial charge in [0.15, 0.2) is 0 Å². The fourth-order valence-corrected chi connectivity index (χ4v) is 3.49. The maximum absolute atomic E-state index is 12.7. The van der Waals surface area contributed by atoms with Crippen LogP contribution >= 0.6 is 0 Å². The molecule has 0 N–H and O–H groups in total. The molecule has 0 saturated heterocycles. The van der Waals surface area contributed by atoms with Crippen LogP contribution in [-0.2, 0) is 33.3 Å². The van der Waals surface area contributed by atoms with Crippen LogP contribution in [0.4, 0.5) is 0 Å². The molecule has 0 atom stereocenters. The molecule has 31 heavy (non-hydrogen) atoms. The number of carbonyl (C=O) groups is 2. The molecule has 0 bridgehead atoms. The zero-order valence-electron chi connectivity index (χ0n) is 18.9. The van der Waals surface area contributed by atoms with E-state index in [0.717, 1.165) is 0 Å². The van der Waals surface area contributed by atoms with Crippen LogP contribution in [-0.4, -0.2) is 64.8 Å². The molecule has 7 heteroatoms. The number of hydrogen-bond acceptors (Lipinski definition) is 7. The number of ether oxygens (including phenoxy) is 5. The van der Waals surface area contributed by atoms with Crippen molar-refractivity contribution in [1.82, 2.24) is 0 Å². The third kappa shape index (κ3) is 10.3. The minimum absolute atomic E-state index is 0.106. The van der Waals surface area contributed by atoms with Gasteiger partial charge in [-0.15, -0.1) is 19.7 Å². The molecular formula is C24H38O7. The van der Waals surface area contributed by atoms with E-state index in [1.165, 1.54) is 0 Å². The molecule has 0 heterocycles. The number of hydrogen-bond donors (Lipinski definition) is 0. The second-order valence-electron chi connectivity index (χ2n) is 7.82. The van der Waals surface area contributed by atoms with Crippen molar-refractivity contribution in [3.63, 3.8) is 0 Å². The van der Waals surface area contributed by atoms with Crippen LogP contribution in [0.5, 0.6) is 0 Å². The maximum Gasteiger partial charge on any atom is 0.308 e. The van der Waals surface area contributed by atoms with E-state index in [2.05, 4.69) is 19.7 Å². The molecule has 1 saturated carbocycles. The van der Waals surface area contributed by atoms with Crippen molar-refractivity contribution in [3.05, 3.63) is 38.0 Å². The van der Waals surface area contributed by atoms with Crippen molar-refractivity contribution in [1.29, 1.82) is 0 Å². The van der Waals surface area contributed by atoms with Crippen LogP contribution in [0.2, 0.25) is 0 Å². The summed E-state index contributed by atoms with van der Waals surface area (Å²) in [5.74, 6) is -0.787. The SMILES string of the molecule is C=CCOCC(COCC=C)(COCC=C)COC(=O)C1CCC(C(=O)OCC)CC1. The van der Waals surface area contributed by atoms with E-state index in [1.54, 1.807) is 25.2 Å². The van der Waals surface area contributed by atoms with E-state index < -0.39 is 5.41 Å². The van der Waals surface area contributed by atoms with Crippen molar-refractivity contribution in [3.8, 4) is 0 Å². The summed E-state index contributed by atoms with van der Waals surface area (Å²) < 4.78 is 27.8. The third-order valence-electron chi connectivity index (χ3n) is 5.13. The Kier molecular flexibility index (Phi) is 13.8. The Morgan fingerprint density at radius 3 is 1.48 bits per heavy atom. The number of esters is 2. The highest BCUT2D eigenvalue weighted by Gasteiger charge is 2.36. The number of carbonyl (C=O) groups excluding carboxylic acids is 2. The van der Waals surface area contributed by atoms with Gasteiger partial charge in [0.1, 0.15) is 6.61 Å². The Bertz CT molecular complexity index is 528. The summed E-state index contributed by atoms with van der Waals surface area (Å²) in [7, 11) is 0. The Hall–Kier alpha value is -1.96. The van der Waals surface area contributed by atoms with Crippen LogP contribution in [0.3, 0.4) is 0 Å². The van der Waals surface area contributed by atoms with E-state index >= 15 is 0 Å². The first-order valence-corrected chi connectivity index (χ1v) is 10.9. The van der Waals surface area contributed by atoms with E-state index in [-0.39, 0.29) is 50.2 Å². The summed E-state index contributed by atoms with van der Waals surface area (Å²) in [6.07, 6.45) is 7.48. The molecule has 1 aliphatic rings. The largest absolute Gasteiger partial charge is 0.466 e. The van der Waals surface area contributed by atoms with E-state index in [0.29, 0.717) is 52.1 Å². The molecule has 0 radical (unpaired) electrons. The molecule has 1 fully saturated rings. The second kappa shape index (κ2) is 15.8. The molecular weight excluding hydrogens is 400 g/mol. The highest BCUT2D eigenvalue weighted by molar-refractivity contribution is 5.75. The monoisotopic (exact) mass is 438 g/mol. The standard InChI is InChI=1S/C24H38O7/c1-5-13-27-16-24(17-28-14-6-2,18-29-15-7-3)19-31-23(26)21-11-9-20(10-12-21)22(25)30-8-4/h5-7,20-21H,1-3,8-19H2,4H3. The lowest BCUT2D eigenvalue weighted by Crippen LogP contribution is -2.43. The fraction of sp³-hybridized carbons (Fsp3) is 0.667. The van der Waals surface area contributed by atoms with Crippen LogP contribution in [0, 0.1) is 17.3 Å². The molecule has 7 nitrogen and oxygen atoms in total. The molecule has 0 amide bonds. The van der Waals surface area contributed by atoms with Gasteiger partial charge < -0.3 is 23.7 Å². The lowest BCUT2D eigenvalue weighted by atomic mass is 9.82. The lowest BCUT2D eigenvalue weighted by Gasteiger charge is -2.33. The van der Waals surface area contributed by atoms with Gasteiger partial charge in [-0.1, -0.05) is 18.2 Å². The van der Waals surface area contributed by atoms with Crippen molar-refractivity contribution in [2.24, 2.45) is 17.3 Å². The van der Waals surface area contributed by atoms with Gasteiger partial charge in [-0.05, 0) is 32.6 Å².